The van der Waals surface area contributed by atoms with Crippen molar-refractivity contribution in [3.05, 3.63) is 59.4 Å². The van der Waals surface area contributed by atoms with Crippen LogP contribution in [-0.4, -0.2) is 39.8 Å². The number of amides is 1. The lowest BCUT2D eigenvalue weighted by Gasteiger charge is -2.17. The molecule has 1 unspecified atom stereocenters. The Kier molecular flexibility index (Phi) is 7.98. The number of methoxy groups -OCH3 is 1. The summed E-state index contributed by atoms with van der Waals surface area (Å²) in [5, 5.41) is 2.49. The van der Waals surface area contributed by atoms with Crippen LogP contribution in [0.1, 0.15) is 11.1 Å². The number of nitrogens with one attached hydrogen (secondary N) is 2. The van der Waals surface area contributed by atoms with Crippen LogP contribution in [0.5, 0.6) is 5.75 Å². The number of quaternary nitrogens is 1. The molecule has 9 heteroatoms. The van der Waals surface area contributed by atoms with Crippen LogP contribution in [0, 0.1) is 5.82 Å². The highest BCUT2D eigenvalue weighted by atomic mass is 19.4. The van der Waals surface area contributed by atoms with Crippen LogP contribution in [-0.2, 0) is 22.3 Å². The van der Waals surface area contributed by atoms with Crippen LogP contribution < -0.4 is 15.0 Å². The molecule has 0 saturated heterocycles. The van der Waals surface area contributed by atoms with Gasteiger partial charge in [0.1, 0.15) is 24.7 Å². The van der Waals surface area contributed by atoms with E-state index in [0.717, 1.165) is 22.6 Å². The van der Waals surface area contributed by atoms with E-state index in [-0.39, 0.29) is 37.0 Å². The molecule has 29 heavy (non-hydrogen) atoms. The summed E-state index contributed by atoms with van der Waals surface area (Å²) in [6, 6.07) is 8.79. The van der Waals surface area contributed by atoms with Crippen LogP contribution in [0.25, 0.3) is 0 Å². The summed E-state index contributed by atoms with van der Waals surface area (Å²) in [5.74, 6) is -0.699. The van der Waals surface area contributed by atoms with Crippen LogP contribution in [0.2, 0.25) is 0 Å². The van der Waals surface area contributed by atoms with Crippen molar-refractivity contribution >= 4 is 11.6 Å². The normalized spacial score (nSPS) is 12.5. The molecule has 2 rings (SSSR count). The van der Waals surface area contributed by atoms with Gasteiger partial charge in [-0.05, 0) is 30.3 Å². The number of halogens is 4. The lowest BCUT2D eigenvalue weighted by atomic mass is 10.1. The SMILES string of the molecule is COCCOc1ccc(C(F)(F)F)cc1NC(=O)C[NH+](C)Cc1ccc(F)cc1. The van der Waals surface area contributed by atoms with Gasteiger partial charge < -0.3 is 19.7 Å². The van der Waals surface area contributed by atoms with Gasteiger partial charge in [-0.2, -0.15) is 13.2 Å². The van der Waals surface area contributed by atoms with Gasteiger partial charge in [-0.1, -0.05) is 12.1 Å². The summed E-state index contributed by atoms with van der Waals surface area (Å²) in [7, 11) is 3.23. The molecule has 0 heterocycles. The summed E-state index contributed by atoms with van der Waals surface area (Å²) in [6.07, 6.45) is -4.55. The van der Waals surface area contributed by atoms with Crippen molar-refractivity contribution < 1.29 is 36.7 Å². The zero-order valence-corrected chi connectivity index (χ0v) is 16.1. The van der Waals surface area contributed by atoms with E-state index < -0.39 is 17.6 Å². The summed E-state index contributed by atoms with van der Waals surface area (Å²) in [6.45, 7) is 0.831. The first-order valence-corrected chi connectivity index (χ1v) is 8.87. The number of likely N-dealkylation sites (N-methyl/N-ethyl adjacent to an activating group) is 1. The monoisotopic (exact) mass is 415 g/mol. The van der Waals surface area contributed by atoms with E-state index in [1.807, 2.05) is 0 Å². The minimum atomic E-state index is -4.55. The Morgan fingerprint density at radius 1 is 1.10 bits per heavy atom. The van der Waals surface area contributed by atoms with Crippen molar-refractivity contribution in [1.82, 2.24) is 0 Å². The van der Waals surface area contributed by atoms with E-state index in [4.69, 9.17) is 9.47 Å². The van der Waals surface area contributed by atoms with Crippen molar-refractivity contribution in [2.75, 3.05) is 39.2 Å². The number of alkyl halides is 3. The summed E-state index contributed by atoms with van der Waals surface area (Å²) >= 11 is 0. The molecular weight excluding hydrogens is 392 g/mol. The number of carbonyl (C=O) groups is 1. The van der Waals surface area contributed by atoms with Crippen LogP contribution in [0.4, 0.5) is 23.2 Å². The summed E-state index contributed by atoms with van der Waals surface area (Å²) in [4.78, 5) is 13.1. The standard InChI is InChI=1S/C20H22F4N2O3/c1-26(12-14-3-6-16(21)7-4-14)13-19(27)25-17-11-15(20(22,23)24)5-8-18(17)29-10-9-28-2/h3-8,11H,9-10,12-13H2,1-2H3,(H,25,27)/p+1. The molecule has 1 atom stereocenters. The molecule has 2 N–H and O–H groups in total. The van der Waals surface area contributed by atoms with E-state index in [0.29, 0.717) is 6.54 Å². The Morgan fingerprint density at radius 3 is 2.41 bits per heavy atom. The van der Waals surface area contributed by atoms with Crippen LogP contribution in [0.3, 0.4) is 0 Å². The first-order valence-electron chi connectivity index (χ1n) is 8.87. The Bertz CT molecular complexity index is 810. The zero-order chi connectivity index (χ0) is 21.4. The van der Waals surface area contributed by atoms with E-state index >= 15 is 0 Å². The molecular formula is C20H23F4N2O3+. The average molecular weight is 415 g/mol. The molecule has 0 aromatic heterocycles. The number of hydrogen-bond acceptors (Lipinski definition) is 3. The molecule has 1 amide bonds. The molecule has 0 spiro atoms. The van der Waals surface area contributed by atoms with Gasteiger partial charge in [-0.25, -0.2) is 4.39 Å². The largest absolute Gasteiger partial charge is 0.489 e. The molecule has 2 aromatic carbocycles. The first-order chi connectivity index (χ1) is 13.7. The lowest BCUT2D eigenvalue weighted by Crippen LogP contribution is -3.08. The third kappa shape index (κ3) is 7.35. The van der Waals surface area contributed by atoms with Gasteiger partial charge in [0.25, 0.3) is 5.91 Å². The van der Waals surface area contributed by atoms with E-state index in [9.17, 15) is 22.4 Å². The van der Waals surface area contributed by atoms with Crippen molar-refractivity contribution in [3.8, 4) is 5.75 Å². The van der Waals surface area contributed by atoms with E-state index in [2.05, 4.69) is 5.32 Å². The lowest BCUT2D eigenvalue weighted by molar-refractivity contribution is -0.885. The first kappa shape index (κ1) is 22.6. The van der Waals surface area contributed by atoms with E-state index in [1.54, 1.807) is 19.2 Å². The van der Waals surface area contributed by atoms with Crippen LogP contribution >= 0.6 is 0 Å². The minimum Gasteiger partial charge on any atom is -0.489 e. The molecule has 5 nitrogen and oxygen atoms in total. The van der Waals surface area contributed by atoms with Crippen LogP contribution in [0.15, 0.2) is 42.5 Å². The van der Waals surface area contributed by atoms with Gasteiger partial charge >= 0.3 is 6.18 Å². The maximum absolute atomic E-state index is 13.0. The number of rotatable bonds is 9. The fourth-order valence-electron chi connectivity index (χ4n) is 2.65. The molecule has 0 aliphatic rings. The average Bonchev–Trinajstić information content (AvgIpc) is 2.64. The van der Waals surface area contributed by atoms with Crippen molar-refractivity contribution in [3.63, 3.8) is 0 Å². The van der Waals surface area contributed by atoms with Gasteiger partial charge in [0.2, 0.25) is 0 Å². The van der Waals surface area contributed by atoms with Crippen molar-refractivity contribution in [2.24, 2.45) is 0 Å². The van der Waals surface area contributed by atoms with Gasteiger partial charge in [0.05, 0.1) is 24.9 Å². The fourth-order valence-corrected chi connectivity index (χ4v) is 2.65. The highest BCUT2D eigenvalue weighted by molar-refractivity contribution is 5.93. The van der Waals surface area contributed by atoms with Gasteiger partial charge in [-0.15, -0.1) is 0 Å². The number of carbonyl (C=O) groups excluding carboxylic acids is 1. The molecule has 0 aliphatic heterocycles. The third-order valence-corrected chi connectivity index (χ3v) is 4.01. The Labute approximate surface area is 166 Å². The minimum absolute atomic E-state index is 0.00509. The maximum Gasteiger partial charge on any atom is 0.416 e. The number of benzene rings is 2. The third-order valence-electron chi connectivity index (χ3n) is 4.01. The molecule has 0 fully saturated rings. The summed E-state index contributed by atoms with van der Waals surface area (Å²) < 4.78 is 62.3. The molecule has 2 aromatic rings. The van der Waals surface area contributed by atoms with Crippen molar-refractivity contribution in [2.45, 2.75) is 12.7 Å². The zero-order valence-electron chi connectivity index (χ0n) is 16.1. The number of ether oxygens (including phenoxy) is 2. The highest BCUT2D eigenvalue weighted by Crippen LogP contribution is 2.35. The quantitative estimate of drug-likeness (QED) is 0.489. The molecule has 158 valence electrons. The Morgan fingerprint density at radius 2 is 1.79 bits per heavy atom. The second-order valence-corrected chi connectivity index (χ2v) is 6.54. The predicted molar refractivity (Wildman–Crippen MR) is 99.3 cm³/mol. The van der Waals surface area contributed by atoms with Gasteiger partial charge in [0, 0.05) is 12.7 Å². The van der Waals surface area contributed by atoms with E-state index in [1.165, 1.54) is 25.3 Å². The van der Waals surface area contributed by atoms with Crippen molar-refractivity contribution in [1.29, 1.82) is 0 Å². The second kappa shape index (κ2) is 10.2. The smallest absolute Gasteiger partial charge is 0.416 e. The second-order valence-electron chi connectivity index (χ2n) is 6.54. The number of anilines is 1. The fraction of sp³-hybridized carbons (Fsp3) is 0.350. The topological polar surface area (TPSA) is 52.0 Å². The number of hydrogen-bond donors (Lipinski definition) is 2. The Hall–Kier alpha value is -2.65. The predicted octanol–water partition coefficient (Wildman–Crippen LogP) is 2.52. The van der Waals surface area contributed by atoms with Gasteiger partial charge in [0.15, 0.2) is 6.54 Å². The molecule has 0 saturated carbocycles. The van der Waals surface area contributed by atoms with Gasteiger partial charge in [-0.3, -0.25) is 4.79 Å². The molecule has 0 aliphatic carbocycles. The summed E-state index contributed by atoms with van der Waals surface area (Å²) in [5.41, 5.74) is -0.117. The highest BCUT2D eigenvalue weighted by Gasteiger charge is 2.31. The molecule has 0 radical (unpaired) electrons. The molecule has 0 bridgehead atoms. The maximum atomic E-state index is 13.0. The Balaban J connectivity index is 2.06.